The van der Waals surface area contributed by atoms with Crippen molar-refractivity contribution >= 4 is 16.9 Å². The zero-order chi connectivity index (χ0) is 16.9. The van der Waals surface area contributed by atoms with Crippen LogP contribution in [-0.4, -0.2) is 20.9 Å². The van der Waals surface area contributed by atoms with Crippen LogP contribution in [0.4, 0.5) is 0 Å². The Balaban J connectivity index is 1.83. The Kier molecular flexibility index (Phi) is 4.79. The molecule has 0 unspecified atom stereocenters. The van der Waals surface area contributed by atoms with Gasteiger partial charge in [0.25, 0.3) is 5.91 Å². The number of amides is 1. The van der Waals surface area contributed by atoms with Crippen LogP contribution in [0.2, 0.25) is 0 Å². The van der Waals surface area contributed by atoms with Gasteiger partial charge in [-0.1, -0.05) is 19.9 Å². The molecule has 24 heavy (non-hydrogen) atoms. The first-order valence-corrected chi connectivity index (χ1v) is 8.19. The highest BCUT2D eigenvalue weighted by molar-refractivity contribution is 5.97. The van der Waals surface area contributed by atoms with E-state index in [2.05, 4.69) is 34.1 Å². The minimum absolute atomic E-state index is 0.137. The molecular formula is C19H20N4O. The average Bonchev–Trinajstić information content (AvgIpc) is 2.65. The molecule has 0 aliphatic carbocycles. The lowest BCUT2D eigenvalue weighted by molar-refractivity contribution is 0.0950. The van der Waals surface area contributed by atoms with Crippen molar-refractivity contribution in [2.24, 2.45) is 0 Å². The first-order valence-electron chi connectivity index (χ1n) is 8.19. The maximum atomic E-state index is 12.4. The number of hydrogen-bond donors (Lipinski definition) is 1. The molecule has 1 N–H and O–H groups in total. The minimum atomic E-state index is -0.137. The fraction of sp³-hybridized carbons (Fsp3) is 0.263. The van der Waals surface area contributed by atoms with Gasteiger partial charge in [0.15, 0.2) is 0 Å². The smallest absolute Gasteiger partial charge is 0.251 e. The molecule has 0 aliphatic heterocycles. The zero-order valence-corrected chi connectivity index (χ0v) is 13.9. The Bertz CT molecular complexity index is 862. The number of pyridine rings is 1. The highest BCUT2D eigenvalue weighted by Crippen LogP contribution is 2.16. The number of aryl methyl sites for hydroxylation is 2. The van der Waals surface area contributed by atoms with Gasteiger partial charge in [0.05, 0.1) is 34.7 Å². The van der Waals surface area contributed by atoms with E-state index in [1.54, 1.807) is 18.3 Å². The number of rotatable bonds is 5. The number of aromatic nitrogens is 3. The van der Waals surface area contributed by atoms with E-state index in [1.165, 1.54) is 0 Å². The van der Waals surface area contributed by atoms with Crippen LogP contribution in [0.3, 0.4) is 0 Å². The lowest BCUT2D eigenvalue weighted by Gasteiger charge is -2.08. The summed E-state index contributed by atoms with van der Waals surface area (Å²) in [5, 5.41) is 2.88. The van der Waals surface area contributed by atoms with E-state index in [0.29, 0.717) is 12.1 Å². The Morgan fingerprint density at radius 3 is 2.42 bits per heavy atom. The van der Waals surface area contributed by atoms with Crippen molar-refractivity contribution in [2.75, 3.05) is 0 Å². The highest BCUT2D eigenvalue weighted by Gasteiger charge is 2.10. The van der Waals surface area contributed by atoms with Crippen molar-refractivity contribution in [2.45, 2.75) is 33.2 Å². The van der Waals surface area contributed by atoms with E-state index >= 15 is 0 Å². The molecular weight excluding hydrogens is 300 g/mol. The summed E-state index contributed by atoms with van der Waals surface area (Å²) in [7, 11) is 0. The van der Waals surface area contributed by atoms with Crippen molar-refractivity contribution in [1.29, 1.82) is 0 Å². The number of nitrogens with one attached hydrogen (secondary N) is 1. The van der Waals surface area contributed by atoms with Gasteiger partial charge < -0.3 is 5.32 Å². The lowest BCUT2D eigenvalue weighted by Crippen LogP contribution is -2.23. The standard InChI is InChI=1S/C19H20N4O/c1-3-15-16(4-2)23-18-11-13(8-9-17(18)22-15)19(24)21-12-14-7-5-6-10-20-14/h5-11H,3-4,12H2,1-2H3,(H,21,24). The van der Waals surface area contributed by atoms with Gasteiger partial charge in [0, 0.05) is 11.8 Å². The molecule has 0 aliphatic rings. The van der Waals surface area contributed by atoms with Gasteiger partial charge in [-0.25, -0.2) is 9.97 Å². The average molecular weight is 320 g/mol. The molecule has 122 valence electrons. The SMILES string of the molecule is CCc1nc2ccc(C(=O)NCc3ccccn3)cc2nc1CC. The Morgan fingerprint density at radius 1 is 1.00 bits per heavy atom. The van der Waals surface area contributed by atoms with Crippen molar-refractivity contribution < 1.29 is 4.79 Å². The third-order valence-electron chi connectivity index (χ3n) is 3.91. The monoisotopic (exact) mass is 320 g/mol. The maximum absolute atomic E-state index is 12.4. The van der Waals surface area contributed by atoms with Gasteiger partial charge in [-0.2, -0.15) is 0 Å². The molecule has 0 fully saturated rings. The van der Waals surface area contributed by atoms with Gasteiger partial charge in [-0.3, -0.25) is 9.78 Å². The number of benzene rings is 1. The van der Waals surface area contributed by atoms with Crippen LogP contribution in [-0.2, 0) is 19.4 Å². The molecule has 5 nitrogen and oxygen atoms in total. The Morgan fingerprint density at radius 2 is 1.75 bits per heavy atom. The van der Waals surface area contributed by atoms with Crippen molar-refractivity contribution in [3.8, 4) is 0 Å². The third-order valence-corrected chi connectivity index (χ3v) is 3.91. The van der Waals surface area contributed by atoms with E-state index < -0.39 is 0 Å². The molecule has 3 aromatic rings. The number of fused-ring (bicyclic) bond motifs is 1. The molecule has 0 bridgehead atoms. The Hall–Kier alpha value is -2.82. The molecule has 0 saturated carbocycles. The summed E-state index contributed by atoms with van der Waals surface area (Å²) in [6.07, 6.45) is 3.41. The number of nitrogens with zero attached hydrogens (tertiary/aromatic N) is 3. The normalized spacial score (nSPS) is 10.8. The van der Waals surface area contributed by atoms with Gasteiger partial charge in [-0.15, -0.1) is 0 Å². The van der Waals surface area contributed by atoms with Crippen LogP contribution in [0, 0.1) is 0 Å². The molecule has 0 radical (unpaired) electrons. The van der Waals surface area contributed by atoms with Gasteiger partial charge in [-0.05, 0) is 43.2 Å². The van der Waals surface area contributed by atoms with Gasteiger partial charge in [0.2, 0.25) is 0 Å². The second-order valence-corrected chi connectivity index (χ2v) is 5.53. The quantitative estimate of drug-likeness (QED) is 0.784. The lowest BCUT2D eigenvalue weighted by atomic mass is 10.1. The number of carbonyl (C=O) groups is 1. The summed E-state index contributed by atoms with van der Waals surface area (Å²) in [5.74, 6) is -0.137. The van der Waals surface area contributed by atoms with Gasteiger partial charge >= 0.3 is 0 Å². The predicted octanol–water partition coefficient (Wildman–Crippen LogP) is 3.08. The number of carbonyl (C=O) groups excluding carboxylic acids is 1. The highest BCUT2D eigenvalue weighted by atomic mass is 16.1. The molecule has 2 heterocycles. The van der Waals surface area contributed by atoms with Crippen LogP contribution in [0.5, 0.6) is 0 Å². The first kappa shape index (κ1) is 16.1. The summed E-state index contributed by atoms with van der Waals surface area (Å²) in [6.45, 7) is 4.55. The molecule has 5 heteroatoms. The minimum Gasteiger partial charge on any atom is -0.346 e. The second kappa shape index (κ2) is 7.17. The summed E-state index contributed by atoms with van der Waals surface area (Å²) in [4.78, 5) is 25.9. The number of hydrogen-bond acceptors (Lipinski definition) is 4. The van der Waals surface area contributed by atoms with Gasteiger partial charge in [0.1, 0.15) is 0 Å². The maximum Gasteiger partial charge on any atom is 0.251 e. The molecule has 2 aromatic heterocycles. The zero-order valence-electron chi connectivity index (χ0n) is 13.9. The summed E-state index contributed by atoms with van der Waals surface area (Å²) in [6, 6.07) is 11.1. The molecule has 3 rings (SSSR count). The largest absolute Gasteiger partial charge is 0.346 e. The summed E-state index contributed by atoms with van der Waals surface area (Å²) < 4.78 is 0. The fourth-order valence-electron chi connectivity index (χ4n) is 2.61. The Labute approximate surface area is 141 Å². The molecule has 0 atom stereocenters. The van der Waals surface area contributed by atoms with E-state index in [9.17, 15) is 4.79 Å². The summed E-state index contributed by atoms with van der Waals surface area (Å²) in [5.41, 5.74) is 5.01. The molecule has 0 saturated heterocycles. The molecule has 1 amide bonds. The van der Waals surface area contributed by atoms with Crippen LogP contribution < -0.4 is 5.32 Å². The topological polar surface area (TPSA) is 67.8 Å². The second-order valence-electron chi connectivity index (χ2n) is 5.53. The van der Waals surface area contributed by atoms with Crippen molar-refractivity contribution in [3.63, 3.8) is 0 Å². The van der Waals surface area contributed by atoms with E-state index in [0.717, 1.165) is 41.0 Å². The fourth-order valence-corrected chi connectivity index (χ4v) is 2.61. The van der Waals surface area contributed by atoms with E-state index in [4.69, 9.17) is 0 Å². The van der Waals surface area contributed by atoms with Crippen molar-refractivity contribution in [1.82, 2.24) is 20.3 Å². The van der Waals surface area contributed by atoms with Crippen LogP contribution in [0.25, 0.3) is 11.0 Å². The predicted molar refractivity (Wildman–Crippen MR) is 93.7 cm³/mol. The third kappa shape index (κ3) is 3.40. The molecule has 0 spiro atoms. The first-order chi connectivity index (χ1) is 11.7. The molecule has 1 aromatic carbocycles. The van der Waals surface area contributed by atoms with Crippen LogP contribution >= 0.6 is 0 Å². The van der Waals surface area contributed by atoms with Crippen LogP contribution in [0.1, 0.15) is 41.3 Å². The van der Waals surface area contributed by atoms with Crippen LogP contribution in [0.15, 0.2) is 42.6 Å². The summed E-state index contributed by atoms with van der Waals surface area (Å²) >= 11 is 0. The van der Waals surface area contributed by atoms with E-state index in [1.807, 2.05) is 24.3 Å². The van der Waals surface area contributed by atoms with E-state index in [-0.39, 0.29) is 5.91 Å². The van der Waals surface area contributed by atoms with Crippen molar-refractivity contribution in [3.05, 3.63) is 65.2 Å².